The van der Waals surface area contributed by atoms with Gasteiger partial charge in [0.15, 0.2) is 0 Å². The number of hydrogen-bond acceptors (Lipinski definition) is 6. The molecule has 0 bridgehead atoms. The first-order valence-electron chi connectivity index (χ1n) is 8.92. The zero-order valence-corrected chi connectivity index (χ0v) is 16.5. The van der Waals surface area contributed by atoms with Crippen LogP contribution in [-0.4, -0.2) is 22.2 Å². The second kappa shape index (κ2) is 8.81. The number of carbonyl (C=O) groups excluding carboxylic acids is 1. The number of rotatable bonds is 8. The van der Waals surface area contributed by atoms with Crippen molar-refractivity contribution < 1.29 is 13.9 Å². The van der Waals surface area contributed by atoms with Gasteiger partial charge in [0, 0.05) is 23.8 Å². The van der Waals surface area contributed by atoms with Gasteiger partial charge in [-0.25, -0.2) is 0 Å². The quantitative estimate of drug-likeness (QED) is 0.622. The van der Waals surface area contributed by atoms with Crippen LogP contribution >= 0.6 is 11.3 Å². The van der Waals surface area contributed by atoms with Gasteiger partial charge in [0.25, 0.3) is 0 Å². The van der Waals surface area contributed by atoms with Crippen LogP contribution in [-0.2, 0) is 11.2 Å². The average Bonchev–Trinajstić information content (AvgIpc) is 3.31. The number of thiophene rings is 1. The van der Waals surface area contributed by atoms with Crippen molar-refractivity contribution in [2.45, 2.75) is 45.8 Å². The van der Waals surface area contributed by atoms with Crippen molar-refractivity contribution in [3.8, 4) is 17.2 Å². The molecule has 0 fully saturated rings. The molecule has 1 amide bonds. The van der Waals surface area contributed by atoms with E-state index in [1.54, 1.807) is 11.3 Å². The van der Waals surface area contributed by atoms with Crippen molar-refractivity contribution in [1.29, 1.82) is 0 Å². The Morgan fingerprint density at radius 2 is 1.96 bits per heavy atom. The smallest absolute Gasteiger partial charge is 0.248 e. The highest BCUT2D eigenvalue weighted by Gasteiger charge is 2.13. The maximum Gasteiger partial charge on any atom is 0.248 e. The molecule has 0 radical (unpaired) electrons. The standard InChI is InChI=1S/C20H23N3O3S/c1-13(2)25-17-6-4-15(5-7-17)14(3)21-18(24)8-9-19-22-23-20(26-19)16-10-11-27-12-16/h4-7,10-14H,8-9H2,1-3H3,(H,21,24). The molecule has 7 heteroatoms. The fraction of sp³-hybridized carbons (Fsp3) is 0.350. The molecule has 6 nitrogen and oxygen atoms in total. The summed E-state index contributed by atoms with van der Waals surface area (Å²) < 4.78 is 11.2. The summed E-state index contributed by atoms with van der Waals surface area (Å²) >= 11 is 1.57. The third-order valence-corrected chi connectivity index (χ3v) is 4.61. The number of nitrogens with zero attached hydrogens (tertiary/aromatic N) is 2. The van der Waals surface area contributed by atoms with Gasteiger partial charge in [-0.05, 0) is 49.9 Å². The predicted octanol–water partition coefficient (Wildman–Crippen LogP) is 4.40. The molecule has 0 aliphatic carbocycles. The molecule has 3 rings (SSSR count). The molecule has 1 aromatic carbocycles. The highest BCUT2D eigenvalue weighted by atomic mass is 32.1. The van der Waals surface area contributed by atoms with Crippen LogP contribution in [0.15, 0.2) is 45.5 Å². The van der Waals surface area contributed by atoms with Crippen LogP contribution in [0.3, 0.4) is 0 Å². The van der Waals surface area contributed by atoms with Gasteiger partial charge in [-0.2, -0.15) is 11.3 Å². The lowest BCUT2D eigenvalue weighted by atomic mass is 10.1. The first-order chi connectivity index (χ1) is 13.0. The summed E-state index contributed by atoms with van der Waals surface area (Å²) in [6.45, 7) is 5.94. The van der Waals surface area contributed by atoms with Crippen LogP contribution in [0.1, 0.15) is 44.7 Å². The van der Waals surface area contributed by atoms with Crippen LogP contribution in [0, 0.1) is 0 Å². The minimum absolute atomic E-state index is 0.0553. The lowest BCUT2D eigenvalue weighted by Crippen LogP contribution is -2.26. The maximum atomic E-state index is 12.2. The van der Waals surface area contributed by atoms with E-state index >= 15 is 0 Å². The van der Waals surface area contributed by atoms with Crippen molar-refractivity contribution >= 4 is 17.2 Å². The summed E-state index contributed by atoms with van der Waals surface area (Å²) in [6, 6.07) is 9.61. The summed E-state index contributed by atoms with van der Waals surface area (Å²) in [4.78, 5) is 12.2. The summed E-state index contributed by atoms with van der Waals surface area (Å²) in [5.41, 5.74) is 1.93. The van der Waals surface area contributed by atoms with E-state index in [-0.39, 0.29) is 18.1 Å². The van der Waals surface area contributed by atoms with Gasteiger partial charge in [-0.1, -0.05) is 12.1 Å². The first kappa shape index (κ1) is 19.1. The number of hydrogen-bond donors (Lipinski definition) is 1. The zero-order valence-electron chi connectivity index (χ0n) is 15.6. The Labute approximate surface area is 162 Å². The number of carbonyl (C=O) groups is 1. The van der Waals surface area contributed by atoms with Gasteiger partial charge < -0.3 is 14.5 Å². The Morgan fingerprint density at radius 1 is 1.19 bits per heavy atom. The molecule has 1 N–H and O–H groups in total. The maximum absolute atomic E-state index is 12.2. The number of benzene rings is 1. The monoisotopic (exact) mass is 385 g/mol. The zero-order chi connectivity index (χ0) is 19.2. The van der Waals surface area contributed by atoms with Gasteiger partial charge >= 0.3 is 0 Å². The normalized spacial score (nSPS) is 12.1. The van der Waals surface area contributed by atoms with E-state index in [0.717, 1.165) is 16.9 Å². The van der Waals surface area contributed by atoms with Crippen molar-refractivity contribution in [1.82, 2.24) is 15.5 Å². The molecule has 0 saturated heterocycles. The first-order valence-corrected chi connectivity index (χ1v) is 9.86. The molecule has 0 aliphatic rings. The van der Waals surface area contributed by atoms with E-state index < -0.39 is 0 Å². The molecule has 142 valence electrons. The Balaban J connectivity index is 1.48. The SMILES string of the molecule is CC(C)Oc1ccc(C(C)NC(=O)CCc2nnc(-c3ccsc3)o2)cc1. The number of amides is 1. The highest BCUT2D eigenvalue weighted by Crippen LogP contribution is 2.21. The third kappa shape index (κ3) is 5.40. The summed E-state index contributed by atoms with van der Waals surface area (Å²) in [5.74, 6) is 1.73. The van der Waals surface area contributed by atoms with Crippen molar-refractivity contribution in [3.63, 3.8) is 0 Å². The van der Waals surface area contributed by atoms with E-state index in [1.165, 1.54) is 0 Å². The van der Waals surface area contributed by atoms with E-state index in [0.29, 0.717) is 24.6 Å². The van der Waals surface area contributed by atoms with Crippen LogP contribution in [0.25, 0.3) is 11.5 Å². The van der Waals surface area contributed by atoms with E-state index in [1.807, 2.05) is 61.9 Å². The molecule has 2 heterocycles. The van der Waals surface area contributed by atoms with Crippen LogP contribution in [0.2, 0.25) is 0 Å². The second-order valence-electron chi connectivity index (χ2n) is 6.54. The Bertz CT molecular complexity index is 857. The van der Waals surface area contributed by atoms with Crippen molar-refractivity contribution in [2.75, 3.05) is 0 Å². The number of aryl methyl sites for hydroxylation is 1. The molecule has 1 unspecified atom stereocenters. The van der Waals surface area contributed by atoms with E-state index in [4.69, 9.17) is 9.15 Å². The number of nitrogens with one attached hydrogen (secondary N) is 1. The summed E-state index contributed by atoms with van der Waals surface area (Å²) in [6.07, 6.45) is 0.846. The minimum Gasteiger partial charge on any atom is -0.491 e. The largest absolute Gasteiger partial charge is 0.491 e. The molecule has 0 aliphatic heterocycles. The topological polar surface area (TPSA) is 77.2 Å². The summed E-state index contributed by atoms with van der Waals surface area (Å²) in [5, 5.41) is 14.9. The van der Waals surface area contributed by atoms with Gasteiger partial charge in [-0.3, -0.25) is 4.79 Å². The summed E-state index contributed by atoms with van der Waals surface area (Å²) in [7, 11) is 0. The molecule has 3 aromatic rings. The van der Waals surface area contributed by atoms with Gasteiger partial charge in [0.2, 0.25) is 17.7 Å². The molecule has 0 spiro atoms. The molecular weight excluding hydrogens is 362 g/mol. The predicted molar refractivity (Wildman–Crippen MR) is 105 cm³/mol. The Morgan fingerprint density at radius 3 is 2.63 bits per heavy atom. The van der Waals surface area contributed by atoms with Crippen LogP contribution in [0.4, 0.5) is 0 Å². The lowest BCUT2D eigenvalue weighted by Gasteiger charge is -2.15. The van der Waals surface area contributed by atoms with Gasteiger partial charge in [0.05, 0.1) is 12.1 Å². The van der Waals surface area contributed by atoms with Gasteiger partial charge in [0.1, 0.15) is 5.75 Å². The van der Waals surface area contributed by atoms with Crippen molar-refractivity contribution in [3.05, 3.63) is 52.5 Å². The second-order valence-corrected chi connectivity index (χ2v) is 7.32. The lowest BCUT2D eigenvalue weighted by molar-refractivity contribution is -0.121. The average molecular weight is 385 g/mol. The number of ether oxygens (including phenoxy) is 1. The van der Waals surface area contributed by atoms with E-state index in [2.05, 4.69) is 15.5 Å². The molecule has 2 aromatic heterocycles. The van der Waals surface area contributed by atoms with Crippen LogP contribution in [0.5, 0.6) is 5.75 Å². The molecule has 1 atom stereocenters. The van der Waals surface area contributed by atoms with Crippen LogP contribution < -0.4 is 10.1 Å². The fourth-order valence-corrected chi connectivity index (χ4v) is 3.21. The van der Waals surface area contributed by atoms with Crippen molar-refractivity contribution in [2.24, 2.45) is 0 Å². The number of aromatic nitrogens is 2. The van der Waals surface area contributed by atoms with Gasteiger partial charge in [-0.15, -0.1) is 10.2 Å². The Hall–Kier alpha value is -2.67. The highest BCUT2D eigenvalue weighted by molar-refractivity contribution is 7.08. The Kier molecular flexibility index (Phi) is 6.24. The van der Waals surface area contributed by atoms with E-state index in [9.17, 15) is 4.79 Å². The molecule has 27 heavy (non-hydrogen) atoms. The molecule has 0 saturated carbocycles. The fourth-order valence-electron chi connectivity index (χ4n) is 2.58. The minimum atomic E-state index is -0.0883. The third-order valence-electron chi connectivity index (χ3n) is 3.93. The molecular formula is C20H23N3O3S.